The van der Waals surface area contributed by atoms with Crippen molar-refractivity contribution < 1.29 is 4.79 Å². The predicted molar refractivity (Wildman–Crippen MR) is 65.0 cm³/mol. The number of aromatic nitrogens is 1. The Morgan fingerprint density at radius 1 is 1.62 bits per heavy atom. The van der Waals surface area contributed by atoms with E-state index < -0.39 is 5.54 Å². The standard InChI is InChI=1S/C12H15N3O/c1-12(2,9-16)15-8-11(13-3)10-5-4-6-14-7-10/h4-9,15H,3H2,1-2H3/b11-8-. The first-order valence-electron chi connectivity index (χ1n) is 4.90. The minimum absolute atomic E-state index is 0.613. The lowest BCUT2D eigenvalue weighted by Gasteiger charge is -2.17. The fraction of sp³-hybridized carbons (Fsp3) is 0.250. The molecule has 1 aromatic rings. The van der Waals surface area contributed by atoms with E-state index in [0.29, 0.717) is 5.70 Å². The Balaban J connectivity index is 2.88. The van der Waals surface area contributed by atoms with Gasteiger partial charge in [-0.1, -0.05) is 0 Å². The number of carbonyl (C=O) groups is 1. The molecule has 0 aromatic carbocycles. The van der Waals surface area contributed by atoms with Crippen LogP contribution in [-0.4, -0.2) is 23.5 Å². The lowest BCUT2D eigenvalue weighted by molar-refractivity contribution is -0.111. The zero-order chi connectivity index (χ0) is 12.0. The molecule has 4 nitrogen and oxygen atoms in total. The molecule has 0 aliphatic carbocycles. The van der Waals surface area contributed by atoms with Crippen molar-refractivity contribution in [3.8, 4) is 0 Å². The zero-order valence-corrected chi connectivity index (χ0v) is 9.47. The lowest BCUT2D eigenvalue weighted by Crippen LogP contribution is -2.37. The van der Waals surface area contributed by atoms with Gasteiger partial charge in [0.15, 0.2) is 0 Å². The molecule has 0 spiro atoms. The van der Waals surface area contributed by atoms with E-state index in [-0.39, 0.29) is 0 Å². The predicted octanol–water partition coefficient (Wildman–Crippen LogP) is 1.65. The fourth-order valence-corrected chi connectivity index (χ4v) is 1.02. The Hall–Kier alpha value is -1.97. The molecule has 0 atom stereocenters. The van der Waals surface area contributed by atoms with E-state index in [1.165, 1.54) is 0 Å². The summed E-state index contributed by atoms with van der Waals surface area (Å²) < 4.78 is 0. The molecule has 0 amide bonds. The van der Waals surface area contributed by atoms with Crippen LogP contribution in [0.5, 0.6) is 0 Å². The van der Waals surface area contributed by atoms with Gasteiger partial charge in [-0.25, -0.2) is 0 Å². The van der Waals surface area contributed by atoms with Gasteiger partial charge in [-0.2, -0.15) is 0 Å². The van der Waals surface area contributed by atoms with E-state index in [1.54, 1.807) is 32.4 Å². The molecule has 1 rings (SSSR count). The van der Waals surface area contributed by atoms with E-state index in [0.717, 1.165) is 11.8 Å². The molecule has 84 valence electrons. The van der Waals surface area contributed by atoms with Crippen LogP contribution in [0.3, 0.4) is 0 Å². The second-order valence-electron chi connectivity index (χ2n) is 3.91. The zero-order valence-electron chi connectivity index (χ0n) is 9.47. The monoisotopic (exact) mass is 217 g/mol. The van der Waals surface area contributed by atoms with Crippen molar-refractivity contribution >= 4 is 18.7 Å². The average Bonchev–Trinajstić information content (AvgIpc) is 2.31. The van der Waals surface area contributed by atoms with Crippen molar-refractivity contribution in [3.63, 3.8) is 0 Å². The highest BCUT2D eigenvalue weighted by Crippen LogP contribution is 2.13. The van der Waals surface area contributed by atoms with Gasteiger partial charge in [0.05, 0.1) is 11.2 Å². The molecule has 0 aliphatic heterocycles. The number of hydrogen-bond donors (Lipinski definition) is 1. The molecule has 0 saturated carbocycles. The molecule has 0 fully saturated rings. The summed E-state index contributed by atoms with van der Waals surface area (Å²) in [6, 6.07) is 3.70. The van der Waals surface area contributed by atoms with Crippen LogP contribution in [0.2, 0.25) is 0 Å². The van der Waals surface area contributed by atoms with Crippen molar-refractivity contribution in [2.75, 3.05) is 0 Å². The largest absolute Gasteiger partial charge is 0.378 e. The molecule has 0 unspecified atom stereocenters. The summed E-state index contributed by atoms with van der Waals surface area (Å²) >= 11 is 0. The minimum Gasteiger partial charge on any atom is -0.378 e. The Labute approximate surface area is 95.1 Å². The smallest absolute Gasteiger partial charge is 0.144 e. The Morgan fingerprint density at radius 2 is 2.38 bits per heavy atom. The molecule has 0 aliphatic rings. The first kappa shape index (κ1) is 12.1. The van der Waals surface area contributed by atoms with E-state index in [2.05, 4.69) is 22.0 Å². The van der Waals surface area contributed by atoms with Crippen LogP contribution in [0.1, 0.15) is 19.4 Å². The second kappa shape index (κ2) is 5.21. The van der Waals surface area contributed by atoms with Crippen LogP contribution in [0, 0.1) is 0 Å². The molecule has 1 N–H and O–H groups in total. The third-order valence-corrected chi connectivity index (χ3v) is 2.00. The number of aliphatic imine (C=N–C) groups is 1. The molecule has 0 saturated heterocycles. The van der Waals surface area contributed by atoms with Crippen molar-refractivity contribution in [3.05, 3.63) is 36.3 Å². The van der Waals surface area contributed by atoms with Crippen molar-refractivity contribution in [2.45, 2.75) is 19.4 Å². The van der Waals surface area contributed by atoms with Gasteiger partial charge in [-0.3, -0.25) is 9.98 Å². The number of hydrogen-bond acceptors (Lipinski definition) is 4. The van der Waals surface area contributed by atoms with Crippen molar-refractivity contribution in [1.29, 1.82) is 0 Å². The maximum atomic E-state index is 10.7. The molecule has 1 heterocycles. The second-order valence-corrected chi connectivity index (χ2v) is 3.91. The Bertz CT molecular complexity index is 396. The van der Waals surface area contributed by atoms with Crippen LogP contribution in [0.15, 0.2) is 35.7 Å². The summed E-state index contributed by atoms with van der Waals surface area (Å²) in [6.45, 7) is 7.05. The van der Waals surface area contributed by atoms with Gasteiger partial charge in [0.25, 0.3) is 0 Å². The van der Waals surface area contributed by atoms with E-state index in [4.69, 9.17) is 0 Å². The van der Waals surface area contributed by atoms with Gasteiger partial charge in [0.1, 0.15) is 6.29 Å². The number of rotatable bonds is 5. The highest BCUT2D eigenvalue weighted by atomic mass is 16.1. The highest BCUT2D eigenvalue weighted by Gasteiger charge is 2.13. The van der Waals surface area contributed by atoms with E-state index >= 15 is 0 Å². The minimum atomic E-state index is -0.613. The summed E-state index contributed by atoms with van der Waals surface area (Å²) in [6.07, 6.45) is 5.88. The average molecular weight is 217 g/mol. The summed E-state index contributed by atoms with van der Waals surface area (Å²) in [5.74, 6) is 0. The number of pyridine rings is 1. The SMILES string of the molecule is C=N/C(=C\NC(C)(C)C=O)c1cccnc1. The third-order valence-electron chi connectivity index (χ3n) is 2.00. The summed E-state index contributed by atoms with van der Waals surface area (Å²) in [4.78, 5) is 18.6. The first-order chi connectivity index (χ1) is 7.59. The molecule has 16 heavy (non-hydrogen) atoms. The topological polar surface area (TPSA) is 54.4 Å². The van der Waals surface area contributed by atoms with E-state index in [9.17, 15) is 4.79 Å². The fourth-order valence-electron chi connectivity index (χ4n) is 1.02. The Kier molecular flexibility index (Phi) is 3.94. The number of nitrogens with zero attached hydrogens (tertiary/aromatic N) is 2. The van der Waals surface area contributed by atoms with Crippen LogP contribution in [0.4, 0.5) is 0 Å². The van der Waals surface area contributed by atoms with Gasteiger partial charge >= 0.3 is 0 Å². The quantitative estimate of drug-likeness (QED) is 0.602. The third kappa shape index (κ3) is 3.31. The number of carbonyl (C=O) groups excluding carboxylic acids is 1. The molecule has 4 heteroatoms. The van der Waals surface area contributed by atoms with Crippen molar-refractivity contribution in [1.82, 2.24) is 10.3 Å². The van der Waals surface area contributed by atoms with Gasteiger partial charge in [-0.05, 0) is 32.7 Å². The van der Waals surface area contributed by atoms with Crippen LogP contribution in [0.25, 0.3) is 5.70 Å². The van der Waals surface area contributed by atoms with Gasteiger partial charge in [0, 0.05) is 24.2 Å². The molecule has 0 radical (unpaired) electrons. The first-order valence-corrected chi connectivity index (χ1v) is 4.90. The van der Waals surface area contributed by atoms with Gasteiger partial charge < -0.3 is 10.1 Å². The van der Waals surface area contributed by atoms with Gasteiger partial charge in [0.2, 0.25) is 0 Å². The van der Waals surface area contributed by atoms with Crippen LogP contribution >= 0.6 is 0 Å². The number of aldehydes is 1. The maximum absolute atomic E-state index is 10.7. The summed E-state index contributed by atoms with van der Waals surface area (Å²) in [5, 5.41) is 2.97. The lowest BCUT2D eigenvalue weighted by atomic mass is 10.1. The summed E-state index contributed by atoms with van der Waals surface area (Å²) in [7, 11) is 0. The Morgan fingerprint density at radius 3 is 2.88 bits per heavy atom. The number of nitrogens with one attached hydrogen (secondary N) is 1. The maximum Gasteiger partial charge on any atom is 0.144 e. The normalized spacial score (nSPS) is 12.0. The van der Waals surface area contributed by atoms with Crippen LogP contribution < -0.4 is 5.32 Å². The van der Waals surface area contributed by atoms with Crippen molar-refractivity contribution in [2.24, 2.45) is 4.99 Å². The molecule has 1 aromatic heterocycles. The molecule has 0 bridgehead atoms. The summed E-state index contributed by atoms with van der Waals surface area (Å²) in [5.41, 5.74) is 0.896. The highest BCUT2D eigenvalue weighted by molar-refractivity contribution is 5.68. The molecular formula is C12H15N3O. The van der Waals surface area contributed by atoms with Crippen LogP contribution in [-0.2, 0) is 4.79 Å². The van der Waals surface area contributed by atoms with E-state index in [1.807, 2.05) is 12.1 Å². The van der Waals surface area contributed by atoms with Gasteiger partial charge in [-0.15, -0.1) is 0 Å². The molecular weight excluding hydrogens is 202 g/mol.